The molecule has 1 amide bonds. The van der Waals surface area contributed by atoms with Crippen molar-refractivity contribution in [3.05, 3.63) is 28.7 Å². The minimum Gasteiger partial charge on any atom is -0.340 e. The number of sulfonamides is 1. The summed E-state index contributed by atoms with van der Waals surface area (Å²) in [6.45, 7) is 1.41. The lowest BCUT2D eigenvalue weighted by Crippen LogP contribution is -2.51. The van der Waals surface area contributed by atoms with Crippen LogP contribution in [0.2, 0.25) is 0 Å². The Kier molecular flexibility index (Phi) is 5.62. The molecule has 0 spiro atoms. The highest BCUT2D eigenvalue weighted by Crippen LogP contribution is 2.30. The molecule has 2 saturated heterocycles. The van der Waals surface area contributed by atoms with Gasteiger partial charge in [0.15, 0.2) is 0 Å². The van der Waals surface area contributed by atoms with Gasteiger partial charge in [-0.15, -0.1) is 11.8 Å². The highest BCUT2D eigenvalue weighted by atomic mass is 79.9. The predicted molar refractivity (Wildman–Crippen MR) is 98.2 cm³/mol. The van der Waals surface area contributed by atoms with Crippen molar-refractivity contribution in [2.75, 3.05) is 36.2 Å². The zero-order valence-electron chi connectivity index (χ0n) is 12.4. The number of carbonyl (C=O) groups excluding carboxylic acids is 1. The lowest BCUT2D eigenvalue weighted by molar-refractivity contribution is -0.133. The molecule has 2 heterocycles. The molecule has 0 aromatic heterocycles. The number of hydrogen-bond acceptors (Lipinski definition) is 5. The van der Waals surface area contributed by atoms with E-state index in [1.54, 1.807) is 29.2 Å². The number of amides is 1. The zero-order valence-corrected chi connectivity index (χ0v) is 16.4. The number of carbonyl (C=O) groups is 1. The van der Waals surface area contributed by atoms with Crippen LogP contribution < -0.4 is 0 Å². The van der Waals surface area contributed by atoms with Crippen LogP contribution in [-0.4, -0.2) is 65.8 Å². The minimum atomic E-state index is -3.66. The Balaban J connectivity index is 1.84. The van der Waals surface area contributed by atoms with Crippen LogP contribution in [0.15, 0.2) is 33.6 Å². The second kappa shape index (κ2) is 7.35. The largest absolute Gasteiger partial charge is 0.340 e. The molecule has 1 atom stereocenters. The fourth-order valence-electron chi connectivity index (χ4n) is 2.62. The monoisotopic (exact) mass is 436 g/mol. The highest BCUT2D eigenvalue weighted by Gasteiger charge is 2.41. The van der Waals surface area contributed by atoms with Gasteiger partial charge in [-0.3, -0.25) is 4.79 Å². The van der Waals surface area contributed by atoms with E-state index in [2.05, 4.69) is 15.9 Å². The summed E-state index contributed by atoms with van der Waals surface area (Å²) in [6.07, 6.45) is 0. The van der Waals surface area contributed by atoms with Gasteiger partial charge in [0.25, 0.3) is 0 Å². The van der Waals surface area contributed by atoms with Crippen molar-refractivity contribution in [2.24, 2.45) is 0 Å². The average molecular weight is 437 g/mol. The lowest BCUT2D eigenvalue weighted by atomic mass is 10.3. The van der Waals surface area contributed by atoms with E-state index in [4.69, 9.17) is 0 Å². The van der Waals surface area contributed by atoms with Crippen molar-refractivity contribution >= 4 is 55.4 Å². The first-order valence-corrected chi connectivity index (χ1v) is 11.8. The summed E-state index contributed by atoms with van der Waals surface area (Å²) in [7, 11) is -3.66. The molecule has 0 bridgehead atoms. The van der Waals surface area contributed by atoms with Gasteiger partial charge in [-0.1, -0.05) is 22.0 Å². The van der Waals surface area contributed by atoms with Crippen LogP contribution in [0.25, 0.3) is 0 Å². The van der Waals surface area contributed by atoms with Crippen LogP contribution in [0.4, 0.5) is 0 Å². The summed E-state index contributed by atoms with van der Waals surface area (Å²) in [4.78, 5) is 14.8. The maximum atomic E-state index is 12.9. The average Bonchev–Trinajstić information content (AvgIpc) is 3.05. The van der Waals surface area contributed by atoms with Gasteiger partial charge in [0, 0.05) is 34.8 Å². The fraction of sp³-hybridized carbons (Fsp3) is 0.500. The Morgan fingerprint density at radius 3 is 2.65 bits per heavy atom. The van der Waals surface area contributed by atoms with E-state index in [9.17, 15) is 13.2 Å². The molecule has 23 heavy (non-hydrogen) atoms. The number of hydrogen-bond donors (Lipinski definition) is 0. The Bertz CT molecular complexity index is 692. The topological polar surface area (TPSA) is 57.7 Å². The lowest BCUT2D eigenvalue weighted by Gasteiger charge is -2.31. The Morgan fingerprint density at radius 1 is 1.22 bits per heavy atom. The molecule has 126 valence electrons. The molecule has 3 rings (SSSR count). The van der Waals surface area contributed by atoms with E-state index in [1.807, 2.05) is 11.8 Å². The van der Waals surface area contributed by atoms with Gasteiger partial charge in [-0.2, -0.15) is 16.1 Å². The molecule has 5 nitrogen and oxygen atoms in total. The summed E-state index contributed by atoms with van der Waals surface area (Å²) in [5.41, 5.74) is 0. The van der Waals surface area contributed by atoms with Crippen LogP contribution >= 0.6 is 39.5 Å². The Labute approximate surface area is 153 Å². The first-order chi connectivity index (χ1) is 11.0. The van der Waals surface area contributed by atoms with Crippen molar-refractivity contribution in [2.45, 2.75) is 10.9 Å². The van der Waals surface area contributed by atoms with Crippen LogP contribution in [-0.2, 0) is 14.8 Å². The summed E-state index contributed by atoms with van der Waals surface area (Å²) in [5.74, 6) is 2.63. The van der Waals surface area contributed by atoms with Crippen LogP contribution in [0.1, 0.15) is 0 Å². The van der Waals surface area contributed by atoms with E-state index in [0.29, 0.717) is 29.2 Å². The normalized spacial score (nSPS) is 23.2. The van der Waals surface area contributed by atoms with Gasteiger partial charge in [-0.05, 0) is 18.2 Å². The van der Waals surface area contributed by atoms with Crippen LogP contribution in [0, 0.1) is 0 Å². The number of rotatable bonds is 3. The second-order valence-electron chi connectivity index (χ2n) is 5.30. The summed E-state index contributed by atoms with van der Waals surface area (Å²) < 4.78 is 27.9. The maximum Gasteiger partial charge on any atom is 0.244 e. The molecule has 0 radical (unpaired) electrons. The van der Waals surface area contributed by atoms with Crippen LogP contribution in [0.3, 0.4) is 0 Å². The molecular formula is C14H17BrN2O3S3. The Morgan fingerprint density at radius 2 is 1.96 bits per heavy atom. The van der Waals surface area contributed by atoms with Crippen molar-refractivity contribution in [1.82, 2.24) is 9.21 Å². The third-order valence-corrected chi connectivity index (χ3v) is 8.31. The first-order valence-electron chi connectivity index (χ1n) is 7.22. The molecule has 0 aliphatic carbocycles. The summed E-state index contributed by atoms with van der Waals surface area (Å²) in [5, 5.41) is 0. The van der Waals surface area contributed by atoms with E-state index in [1.165, 1.54) is 16.1 Å². The SMILES string of the molecule is O=C(C1CSCN1S(=O)(=O)c1cccc(Br)c1)N1CCSCC1. The molecule has 0 saturated carbocycles. The molecule has 1 unspecified atom stereocenters. The number of halogens is 1. The first kappa shape index (κ1) is 17.6. The van der Waals surface area contributed by atoms with Gasteiger partial charge in [0.1, 0.15) is 6.04 Å². The molecule has 2 fully saturated rings. The van der Waals surface area contributed by atoms with Crippen molar-refractivity contribution in [3.63, 3.8) is 0 Å². The minimum absolute atomic E-state index is 0.0612. The van der Waals surface area contributed by atoms with Gasteiger partial charge >= 0.3 is 0 Å². The van der Waals surface area contributed by atoms with Gasteiger partial charge < -0.3 is 4.90 Å². The fourth-order valence-corrected chi connectivity index (χ4v) is 7.25. The number of thioether (sulfide) groups is 2. The van der Waals surface area contributed by atoms with Crippen molar-refractivity contribution in [3.8, 4) is 0 Å². The molecular weight excluding hydrogens is 420 g/mol. The summed E-state index contributed by atoms with van der Waals surface area (Å²) >= 11 is 6.62. The number of benzene rings is 1. The Hall–Kier alpha value is -0.220. The molecule has 9 heteroatoms. The smallest absolute Gasteiger partial charge is 0.244 e. The molecule has 1 aromatic carbocycles. The van der Waals surface area contributed by atoms with Crippen LogP contribution in [0.5, 0.6) is 0 Å². The summed E-state index contributed by atoms with van der Waals surface area (Å²) in [6, 6.07) is 6.04. The van der Waals surface area contributed by atoms with Gasteiger partial charge in [0.2, 0.25) is 15.9 Å². The molecule has 2 aliphatic heterocycles. The third-order valence-electron chi connectivity index (χ3n) is 3.85. The van der Waals surface area contributed by atoms with Gasteiger partial charge in [-0.25, -0.2) is 8.42 Å². The zero-order chi connectivity index (χ0) is 16.4. The maximum absolute atomic E-state index is 12.9. The molecule has 0 N–H and O–H groups in total. The molecule has 2 aliphatic rings. The standard InChI is InChI=1S/C14H17BrN2O3S3/c15-11-2-1-3-12(8-11)23(19,20)17-10-22-9-13(17)14(18)16-4-6-21-7-5-16/h1-3,8,13H,4-7,9-10H2. The van der Waals surface area contributed by atoms with Crippen molar-refractivity contribution < 1.29 is 13.2 Å². The van der Waals surface area contributed by atoms with E-state index in [0.717, 1.165) is 11.5 Å². The van der Waals surface area contributed by atoms with E-state index in [-0.39, 0.29) is 10.8 Å². The van der Waals surface area contributed by atoms with E-state index < -0.39 is 16.1 Å². The quantitative estimate of drug-likeness (QED) is 0.725. The highest BCUT2D eigenvalue weighted by molar-refractivity contribution is 9.10. The number of nitrogens with zero attached hydrogens (tertiary/aromatic N) is 2. The van der Waals surface area contributed by atoms with Gasteiger partial charge in [0.05, 0.1) is 10.8 Å². The predicted octanol–water partition coefficient (Wildman–Crippen LogP) is 2.09. The van der Waals surface area contributed by atoms with E-state index >= 15 is 0 Å². The second-order valence-corrected chi connectivity index (χ2v) is 10.3. The third kappa shape index (κ3) is 3.73. The molecule has 1 aromatic rings. The van der Waals surface area contributed by atoms with Crippen molar-refractivity contribution in [1.29, 1.82) is 0 Å².